The third kappa shape index (κ3) is 4.69. The Morgan fingerprint density at radius 2 is 2.11 bits per heavy atom. The minimum absolute atomic E-state index is 0.0407. The van der Waals surface area contributed by atoms with Crippen molar-refractivity contribution in [3.8, 4) is 5.75 Å². The molecule has 0 bridgehead atoms. The fourth-order valence-electron chi connectivity index (χ4n) is 3.52. The predicted molar refractivity (Wildman–Crippen MR) is 104 cm³/mol. The van der Waals surface area contributed by atoms with Crippen LogP contribution < -0.4 is 15.4 Å². The standard InChI is InChI=1S/C20H26N4O4/c1-14-12-18(28-22-14)17-4-3-10-23(17)13-20(26)24(11-9-19(21)25)15-5-7-16(27-2)8-6-15/h5-8,12,17H,3-4,9-11,13H2,1-2H3,(H2,21,25). The number of nitrogens with zero attached hydrogens (tertiary/aromatic N) is 3. The van der Waals surface area contributed by atoms with E-state index in [2.05, 4.69) is 10.1 Å². The lowest BCUT2D eigenvalue weighted by Gasteiger charge is -2.27. The van der Waals surface area contributed by atoms with E-state index in [0.717, 1.165) is 30.8 Å². The molecule has 1 aliphatic heterocycles. The van der Waals surface area contributed by atoms with Crippen molar-refractivity contribution in [3.63, 3.8) is 0 Å². The molecule has 3 rings (SSSR count). The summed E-state index contributed by atoms with van der Waals surface area (Å²) in [5, 5.41) is 3.96. The van der Waals surface area contributed by atoms with E-state index < -0.39 is 5.91 Å². The molecule has 150 valence electrons. The Kier molecular flexibility index (Phi) is 6.30. The number of benzene rings is 1. The molecular formula is C20H26N4O4. The van der Waals surface area contributed by atoms with Crippen LogP contribution in [0.3, 0.4) is 0 Å². The number of carbonyl (C=O) groups is 2. The second kappa shape index (κ2) is 8.88. The van der Waals surface area contributed by atoms with E-state index >= 15 is 0 Å². The Morgan fingerprint density at radius 1 is 1.36 bits per heavy atom. The topological polar surface area (TPSA) is 102 Å². The normalized spacial score (nSPS) is 16.9. The quantitative estimate of drug-likeness (QED) is 0.745. The zero-order valence-corrected chi connectivity index (χ0v) is 16.3. The first-order valence-electron chi connectivity index (χ1n) is 9.38. The largest absolute Gasteiger partial charge is 0.497 e. The van der Waals surface area contributed by atoms with E-state index in [1.807, 2.05) is 13.0 Å². The van der Waals surface area contributed by atoms with Gasteiger partial charge in [0.05, 0.1) is 25.4 Å². The molecule has 1 fully saturated rings. The van der Waals surface area contributed by atoms with Crippen LogP contribution in [0.5, 0.6) is 5.75 Å². The van der Waals surface area contributed by atoms with E-state index in [9.17, 15) is 9.59 Å². The molecule has 2 aromatic rings. The van der Waals surface area contributed by atoms with Crippen LogP contribution in [0.25, 0.3) is 0 Å². The van der Waals surface area contributed by atoms with Crippen molar-refractivity contribution in [2.45, 2.75) is 32.2 Å². The van der Waals surface area contributed by atoms with Crippen LogP contribution in [-0.4, -0.2) is 48.6 Å². The Morgan fingerprint density at radius 3 is 2.71 bits per heavy atom. The van der Waals surface area contributed by atoms with Crippen LogP contribution >= 0.6 is 0 Å². The van der Waals surface area contributed by atoms with Gasteiger partial charge in [0.25, 0.3) is 0 Å². The molecule has 1 aromatic carbocycles. The zero-order chi connectivity index (χ0) is 20.1. The summed E-state index contributed by atoms with van der Waals surface area (Å²) in [6, 6.07) is 9.14. The van der Waals surface area contributed by atoms with Crippen LogP contribution in [0.1, 0.15) is 36.8 Å². The third-order valence-corrected chi connectivity index (χ3v) is 4.94. The second-order valence-electron chi connectivity index (χ2n) is 6.96. The minimum Gasteiger partial charge on any atom is -0.497 e. The van der Waals surface area contributed by atoms with E-state index in [0.29, 0.717) is 11.4 Å². The molecule has 0 spiro atoms. The van der Waals surface area contributed by atoms with Gasteiger partial charge in [-0.05, 0) is 50.6 Å². The van der Waals surface area contributed by atoms with E-state index in [4.69, 9.17) is 15.0 Å². The molecule has 2 N–H and O–H groups in total. The highest BCUT2D eigenvalue weighted by molar-refractivity contribution is 5.95. The first-order chi connectivity index (χ1) is 13.5. The van der Waals surface area contributed by atoms with Gasteiger partial charge in [0.1, 0.15) is 5.75 Å². The molecule has 1 atom stereocenters. The van der Waals surface area contributed by atoms with Crippen molar-refractivity contribution in [1.82, 2.24) is 10.1 Å². The number of rotatable bonds is 8. The monoisotopic (exact) mass is 386 g/mol. The molecule has 0 saturated carbocycles. The molecule has 2 amide bonds. The molecule has 1 aromatic heterocycles. The van der Waals surface area contributed by atoms with Crippen molar-refractivity contribution in [2.75, 3.05) is 31.6 Å². The molecule has 28 heavy (non-hydrogen) atoms. The van der Waals surface area contributed by atoms with E-state index in [1.54, 1.807) is 36.3 Å². The first kappa shape index (κ1) is 19.9. The lowest BCUT2D eigenvalue weighted by Crippen LogP contribution is -2.41. The molecular weight excluding hydrogens is 360 g/mol. The average Bonchev–Trinajstić information content (AvgIpc) is 3.30. The fourth-order valence-corrected chi connectivity index (χ4v) is 3.52. The molecule has 1 unspecified atom stereocenters. The highest BCUT2D eigenvalue weighted by Crippen LogP contribution is 2.32. The number of methoxy groups -OCH3 is 1. The molecule has 1 saturated heterocycles. The van der Waals surface area contributed by atoms with E-state index in [1.165, 1.54) is 0 Å². The second-order valence-corrected chi connectivity index (χ2v) is 6.96. The van der Waals surface area contributed by atoms with Crippen LogP contribution in [0.15, 0.2) is 34.9 Å². The Hall–Kier alpha value is -2.87. The number of carbonyl (C=O) groups excluding carboxylic acids is 2. The van der Waals surface area contributed by atoms with Gasteiger partial charge in [-0.3, -0.25) is 14.5 Å². The number of aromatic nitrogens is 1. The summed E-state index contributed by atoms with van der Waals surface area (Å²) in [5.41, 5.74) is 6.84. The molecule has 8 heteroatoms. The van der Waals surface area contributed by atoms with Crippen LogP contribution in [0.4, 0.5) is 5.69 Å². The maximum atomic E-state index is 13.1. The summed E-state index contributed by atoms with van der Waals surface area (Å²) in [6.45, 7) is 3.16. The third-order valence-electron chi connectivity index (χ3n) is 4.94. The number of hydrogen-bond acceptors (Lipinski definition) is 6. The Labute approximate surface area is 164 Å². The zero-order valence-electron chi connectivity index (χ0n) is 16.3. The minimum atomic E-state index is -0.442. The Bertz CT molecular complexity index is 818. The van der Waals surface area contributed by atoms with Crippen molar-refractivity contribution in [2.24, 2.45) is 5.73 Å². The molecule has 8 nitrogen and oxygen atoms in total. The van der Waals surface area contributed by atoms with Gasteiger partial charge in [-0.25, -0.2) is 0 Å². The summed E-state index contributed by atoms with van der Waals surface area (Å²) < 4.78 is 10.6. The highest BCUT2D eigenvalue weighted by atomic mass is 16.5. The lowest BCUT2D eigenvalue weighted by molar-refractivity contribution is -0.120. The maximum Gasteiger partial charge on any atom is 0.241 e. The van der Waals surface area contributed by atoms with Gasteiger partial charge in [-0.2, -0.15) is 0 Å². The van der Waals surface area contributed by atoms with Crippen LogP contribution in [-0.2, 0) is 9.59 Å². The average molecular weight is 386 g/mol. The number of aryl methyl sites for hydroxylation is 1. The molecule has 1 aliphatic rings. The van der Waals surface area contributed by atoms with Gasteiger partial charge in [0, 0.05) is 24.7 Å². The number of amides is 2. The van der Waals surface area contributed by atoms with Gasteiger partial charge in [0.15, 0.2) is 5.76 Å². The summed E-state index contributed by atoms with van der Waals surface area (Å²) in [5.74, 6) is 0.958. The van der Waals surface area contributed by atoms with Crippen molar-refractivity contribution in [1.29, 1.82) is 0 Å². The molecule has 0 aliphatic carbocycles. The van der Waals surface area contributed by atoms with Gasteiger partial charge < -0.3 is 19.9 Å². The van der Waals surface area contributed by atoms with Gasteiger partial charge in [-0.15, -0.1) is 0 Å². The number of anilines is 1. The van der Waals surface area contributed by atoms with Crippen molar-refractivity contribution in [3.05, 3.63) is 41.8 Å². The predicted octanol–water partition coefficient (Wildman–Crippen LogP) is 2.04. The highest BCUT2D eigenvalue weighted by Gasteiger charge is 2.32. The van der Waals surface area contributed by atoms with E-state index in [-0.39, 0.29) is 31.5 Å². The SMILES string of the molecule is COc1ccc(N(CCC(N)=O)C(=O)CN2CCCC2c2cc(C)no2)cc1. The van der Waals surface area contributed by atoms with Crippen LogP contribution in [0, 0.1) is 6.92 Å². The number of nitrogens with two attached hydrogens (primary N) is 1. The lowest BCUT2D eigenvalue weighted by atomic mass is 10.1. The fraction of sp³-hybridized carbons (Fsp3) is 0.450. The summed E-state index contributed by atoms with van der Waals surface area (Å²) in [4.78, 5) is 28.1. The van der Waals surface area contributed by atoms with Gasteiger partial charge >= 0.3 is 0 Å². The van der Waals surface area contributed by atoms with Crippen LogP contribution in [0.2, 0.25) is 0 Å². The Balaban J connectivity index is 1.75. The number of ether oxygens (including phenoxy) is 1. The van der Waals surface area contributed by atoms with Gasteiger partial charge in [-0.1, -0.05) is 5.16 Å². The molecule has 0 radical (unpaired) electrons. The summed E-state index contributed by atoms with van der Waals surface area (Å²) in [7, 11) is 1.59. The molecule has 2 heterocycles. The smallest absolute Gasteiger partial charge is 0.241 e. The maximum absolute atomic E-state index is 13.1. The number of likely N-dealkylation sites (tertiary alicyclic amines) is 1. The van der Waals surface area contributed by atoms with Crippen molar-refractivity contribution >= 4 is 17.5 Å². The van der Waals surface area contributed by atoms with Crippen molar-refractivity contribution < 1.29 is 18.8 Å². The number of hydrogen-bond donors (Lipinski definition) is 1. The first-order valence-corrected chi connectivity index (χ1v) is 9.38. The number of primary amides is 1. The summed E-state index contributed by atoms with van der Waals surface area (Å²) in [6.07, 6.45) is 2.01. The van der Waals surface area contributed by atoms with Gasteiger partial charge in [0.2, 0.25) is 11.8 Å². The summed E-state index contributed by atoms with van der Waals surface area (Å²) >= 11 is 0.